The van der Waals surface area contributed by atoms with Crippen LogP contribution in [-0.2, 0) is 4.79 Å². The van der Waals surface area contributed by atoms with Crippen molar-refractivity contribution in [3.05, 3.63) is 59.7 Å². The molecule has 1 amide bonds. The molecular weight excluding hydrogens is 288 g/mol. The number of nitrogens with two attached hydrogens (primary N) is 1. The van der Waals surface area contributed by atoms with Gasteiger partial charge in [0.25, 0.3) is 0 Å². The second-order valence-corrected chi connectivity index (χ2v) is 5.60. The quantitative estimate of drug-likeness (QED) is 0.647. The molecule has 0 spiro atoms. The number of benzene rings is 2. The normalized spacial score (nSPS) is 11.0. The van der Waals surface area contributed by atoms with Gasteiger partial charge in [-0.25, -0.2) is 0 Å². The van der Waals surface area contributed by atoms with Crippen molar-refractivity contribution in [2.45, 2.75) is 26.9 Å². The Hall–Kier alpha value is -2.75. The molecule has 0 atom stereocenters. The first-order chi connectivity index (χ1) is 11.0. The first-order valence-electron chi connectivity index (χ1n) is 7.56. The highest BCUT2D eigenvalue weighted by atomic mass is 16.5. The number of hydrogen-bond donors (Lipinski definition) is 2. The summed E-state index contributed by atoms with van der Waals surface area (Å²) >= 11 is 0. The summed E-state index contributed by atoms with van der Waals surface area (Å²) in [5.41, 5.74) is 9.13. The molecule has 0 bridgehead atoms. The monoisotopic (exact) mass is 310 g/mol. The number of hydrogen-bond acceptors (Lipinski definition) is 3. The van der Waals surface area contributed by atoms with Gasteiger partial charge in [-0.3, -0.25) is 4.79 Å². The summed E-state index contributed by atoms with van der Waals surface area (Å²) in [6.07, 6.45) is 3.26. The van der Waals surface area contributed by atoms with Gasteiger partial charge in [0.2, 0.25) is 5.91 Å². The van der Waals surface area contributed by atoms with Crippen molar-refractivity contribution in [3.63, 3.8) is 0 Å². The molecule has 0 fully saturated rings. The van der Waals surface area contributed by atoms with E-state index in [2.05, 4.69) is 5.32 Å². The molecule has 3 N–H and O–H groups in total. The summed E-state index contributed by atoms with van der Waals surface area (Å²) in [6, 6.07) is 13.1. The van der Waals surface area contributed by atoms with Crippen LogP contribution in [0.1, 0.15) is 25.0 Å². The Balaban J connectivity index is 2.07. The summed E-state index contributed by atoms with van der Waals surface area (Å²) in [6.45, 7) is 5.84. The molecule has 0 aliphatic carbocycles. The van der Waals surface area contributed by atoms with E-state index < -0.39 is 0 Å². The molecule has 0 heterocycles. The molecule has 0 aliphatic rings. The zero-order chi connectivity index (χ0) is 16.8. The molecule has 4 heteroatoms. The van der Waals surface area contributed by atoms with Gasteiger partial charge >= 0.3 is 0 Å². The maximum absolute atomic E-state index is 12.1. The van der Waals surface area contributed by atoms with Gasteiger partial charge in [0, 0.05) is 11.8 Å². The molecule has 23 heavy (non-hydrogen) atoms. The molecule has 2 aromatic carbocycles. The van der Waals surface area contributed by atoms with E-state index in [1.54, 1.807) is 6.08 Å². The Labute approximate surface area is 137 Å². The fourth-order valence-corrected chi connectivity index (χ4v) is 2.04. The maximum atomic E-state index is 12.1. The van der Waals surface area contributed by atoms with Crippen LogP contribution in [0.15, 0.2) is 48.5 Å². The minimum absolute atomic E-state index is 0.0409. The summed E-state index contributed by atoms with van der Waals surface area (Å²) in [4.78, 5) is 12.1. The van der Waals surface area contributed by atoms with Gasteiger partial charge in [-0.05, 0) is 56.2 Å². The van der Waals surface area contributed by atoms with Crippen LogP contribution in [0.5, 0.6) is 5.75 Å². The largest absolute Gasteiger partial charge is 0.489 e. The Kier molecular flexibility index (Phi) is 5.41. The van der Waals surface area contributed by atoms with Gasteiger partial charge in [-0.2, -0.15) is 0 Å². The minimum atomic E-state index is -0.219. The third kappa shape index (κ3) is 4.88. The molecule has 0 aromatic heterocycles. The van der Waals surface area contributed by atoms with Crippen molar-refractivity contribution in [1.29, 1.82) is 0 Å². The predicted molar refractivity (Wildman–Crippen MR) is 95.5 cm³/mol. The second kappa shape index (κ2) is 7.49. The van der Waals surface area contributed by atoms with E-state index >= 15 is 0 Å². The number of anilines is 2. The van der Waals surface area contributed by atoms with Crippen LogP contribution in [-0.4, -0.2) is 12.0 Å². The van der Waals surface area contributed by atoms with E-state index in [9.17, 15) is 4.79 Å². The van der Waals surface area contributed by atoms with Crippen molar-refractivity contribution in [2.24, 2.45) is 0 Å². The van der Waals surface area contributed by atoms with Gasteiger partial charge in [-0.15, -0.1) is 0 Å². The summed E-state index contributed by atoms with van der Waals surface area (Å²) in [7, 11) is 0. The molecular formula is C19H22N2O2. The van der Waals surface area contributed by atoms with E-state index in [-0.39, 0.29) is 12.0 Å². The molecule has 0 saturated heterocycles. The van der Waals surface area contributed by atoms with Gasteiger partial charge in [0.15, 0.2) is 0 Å². The zero-order valence-corrected chi connectivity index (χ0v) is 13.7. The Bertz CT molecular complexity index is 721. The van der Waals surface area contributed by atoms with E-state index in [1.165, 1.54) is 6.08 Å². The highest BCUT2D eigenvalue weighted by Gasteiger charge is 2.06. The molecule has 2 aromatic rings. The molecule has 0 aliphatic heterocycles. The number of rotatable bonds is 5. The number of nitrogen functional groups attached to an aromatic ring is 1. The number of ether oxygens (including phenoxy) is 1. The van der Waals surface area contributed by atoms with Crippen LogP contribution in [0.4, 0.5) is 11.4 Å². The number of amides is 1. The van der Waals surface area contributed by atoms with Crippen molar-refractivity contribution in [2.75, 3.05) is 11.1 Å². The lowest BCUT2D eigenvalue weighted by atomic mass is 10.1. The van der Waals surface area contributed by atoms with Crippen molar-refractivity contribution >= 4 is 23.4 Å². The fraction of sp³-hybridized carbons (Fsp3) is 0.211. The first kappa shape index (κ1) is 16.6. The molecule has 0 unspecified atom stereocenters. The van der Waals surface area contributed by atoms with Crippen LogP contribution in [0.25, 0.3) is 6.08 Å². The van der Waals surface area contributed by atoms with Crippen LogP contribution < -0.4 is 15.8 Å². The van der Waals surface area contributed by atoms with Crippen LogP contribution in [0, 0.1) is 6.92 Å². The lowest BCUT2D eigenvalue weighted by Crippen LogP contribution is -2.12. The third-order valence-corrected chi connectivity index (χ3v) is 3.24. The maximum Gasteiger partial charge on any atom is 0.248 e. The lowest BCUT2D eigenvalue weighted by Gasteiger charge is -2.14. The van der Waals surface area contributed by atoms with Crippen molar-refractivity contribution in [1.82, 2.24) is 0 Å². The van der Waals surface area contributed by atoms with Crippen LogP contribution in [0.3, 0.4) is 0 Å². The van der Waals surface area contributed by atoms with E-state index in [0.717, 1.165) is 11.1 Å². The van der Waals surface area contributed by atoms with Gasteiger partial charge in [-0.1, -0.05) is 24.3 Å². The first-order valence-corrected chi connectivity index (χ1v) is 7.56. The average molecular weight is 310 g/mol. The summed E-state index contributed by atoms with van der Waals surface area (Å²) < 4.78 is 5.68. The van der Waals surface area contributed by atoms with Gasteiger partial charge in [0.1, 0.15) is 5.75 Å². The molecule has 4 nitrogen and oxygen atoms in total. The highest BCUT2D eigenvalue weighted by molar-refractivity contribution is 6.02. The van der Waals surface area contributed by atoms with Crippen LogP contribution in [0.2, 0.25) is 0 Å². The van der Waals surface area contributed by atoms with E-state index in [0.29, 0.717) is 17.1 Å². The van der Waals surface area contributed by atoms with Crippen molar-refractivity contribution < 1.29 is 9.53 Å². The Morgan fingerprint density at radius 2 is 1.96 bits per heavy atom. The lowest BCUT2D eigenvalue weighted by molar-refractivity contribution is -0.111. The molecule has 2 rings (SSSR count). The molecule has 0 saturated carbocycles. The summed E-state index contributed by atoms with van der Waals surface area (Å²) in [5, 5.41) is 2.83. The SMILES string of the molecule is Cc1ccc(/C=C/C(=O)Nc2ccccc2OC(C)C)cc1N. The number of nitrogens with one attached hydrogen (secondary N) is 1. The number of aryl methyl sites for hydroxylation is 1. The smallest absolute Gasteiger partial charge is 0.248 e. The average Bonchev–Trinajstić information content (AvgIpc) is 2.50. The number of para-hydroxylation sites is 2. The van der Waals surface area contributed by atoms with Gasteiger partial charge in [0.05, 0.1) is 11.8 Å². The standard InChI is InChI=1S/C19H22N2O2/c1-13(2)23-18-7-5-4-6-17(18)21-19(22)11-10-15-9-8-14(3)16(20)12-15/h4-13H,20H2,1-3H3,(H,21,22)/b11-10+. The Morgan fingerprint density at radius 1 is 1.22 bits per heavy atom. The zero-order valence-electron chi connectivity index (χ0n) is 13.7. The van der Waals surface area contributed by atoms with Crippen LogP contribution >= 0.6 is 0 Å². The molecule has 0 radical (unpaired) electrons. The van der Waals surface area contributed by atoms with E-state index in [4.69, 9.17) is 10.5 Å². The minimum Gasteiger partial charge on any atom is -0.489 e. The highest BCUT2D eigenvalue weighted by Crippen LogP contribution is 2.24. The second-order valence-electron chi connectivity index (χ2n) is 5.60. The summed E-state index contributed by atoms with van der Waals surface area (Å²) in [5.74, 6) is 0.438. The fourth-order valence-electron chi connectivity index (χ4n) is 2.04. The number of carbonyl (C=O) groups is 1. The topological polar surface area (TPSA) is 64.3 Å². The number of carbonyl (C=O) groups excluding carboxylic acids is 1. The van der Waals surface area contributed by atoms with E-state index in [1.807, 2.05) is 63.2 Å². The Morgan fingerprint density at radius 3 is 2.65 bits per heavy atom. The third-order valence-electron chi connectivity index (χ3n) is 3.24. The van der Waals surface area contributed by atoms with Gasteiger partial charge < -0.3 is 15.8 Å². The molecule has 120 valence electrons. The van der Waals surface area contributed by atoms with Crippen molar-refractivity contribution in [3.8, 4) is 5.75 Å². The predicted octanol–water partition coefficient (Wildman–Crippen LogP) is 4.02.